The number of alkyl halides is 3. The highest BCUT2D eigenvalue weighted by Gasteiger charge is 2.47. The third-order valence-electron chi connectivity index (χ3n) is 4.33. The second-order valence-electron chi connectivity index (χ2n) is 6.05. The maximum atomic E-state index is 14.3. The molecule has 0 unspecified atom stereocenters. The van der Waals surface area contributed by atoms with Crippen molar-refractivity contribution < 1.29 is 35.5 Å². The highest BCUT2D eigenvalue weighted by atomic mass is 32.2. The Morgan fingerprint density at radius 3 is 2.44 bits per heavy atom. The average Bonchev–Trinajstić information content (AvgIpc) is 2.59. The van der Waals surface area contributed by atoms with Gasteiger partial charge in [0.15, 0.2) is 0 Å². The number of benzene rings is 2. The lowest BCUT2D eigenvalue weighted by Gasteiger charge is -2.32. The van der Waals surface area contributed by atoms with Gasteiger partial charge in [0.2, 0.25) is 0 Å². The standard InChI is InChI=1S/C17H14F5NO3S/c18-12-6-10-2-1-5-23(16(10)14(19)8-12)13-3-4-15(11(7-13)9-24)27(25,26)17(20,21)22/h3-4,6-8,24H,1-2,5,9H2. The van der Waals surface area contributed by atoms with E-state index in [2.05, 4.69) is 0 Å². The molecule has 0 saturated heterocycles. The Labute approximate surface area is 151 Å². The number of fused-ring (bicyclic) bond motifs is 1. The van der Waals surface area contributed by atoms with Crippen molar-refractivity contribution >= 4 is 21.2 Å². The van der Waals surface area contributed by atoms with Gasteiger partial charge in [0.25, 0.3) is 9.84 Å². The lowest BCUT2D eigenvalue weighted by atomic mass is 10.00. The normalized spacial score (nSPS) is 15.0. The molecule has 2 aromatic carbocycles. The summed E-state index contributed by atoms with van der Waals surface area (Å²) in [6.07, 6.45) is 0.959. The maximum Gasteiger partial charge on any atom is 0.501 e. The van der Waals surface area contributed by atoms with E-state index in [1.807, 2.05) is 0 Å². The number of halogens is 5. The summed E-state index contributed by atoms with van der Waals surface area (Å²) in [5, 5.41) is 9.38. The quantitative estimate of drug-likeness (QED) is 0.786. The van der Waals surface area contributed by atoms with Crippen LogP contribution in [0.3, 0.4) is 0 Å². The molecule has 27 heavy (non-hydrogen) atoms. The number of aliphatic hydroxyl groups excluding tert-OH is 1. The lowest BCUT2D eigenvalue weighted by Crippen LogP contribution is -2.27. The molecule has 0 radical (unpaired) electrons. The van der Waals surface area contributed by atoms with Crippen LogP contribution in [0.4, 0.5) is 33.3 Å². The van der Waals surface area contributed by atoms with Crippen LogP contribution < -0.4 is 4.90 Å². The summed E-state index contributed by atoms with van der Waals surface area (Å²) in [4.78, 5) is 0.370. The molecule has 1 aliphatic rings. The van der Waals surface area contributed by atoms with Crippen molar-refractivity contribution in [3.05, 3.63) is 53.1 Å². The molecule has 0 aromatic heterocycles. The van der Waals surface area contributed by atoms with Crippen molar-refractivity contribution in [3.8, 4) is 0 Å². The SMILES string of the molecule is O=S(=O)(c1ccc(N2CCCc3cc(F)cc(F)c32)cc1CO)C(F)(F)F. The number of hydrogen-bond donors (Lipinski definition) is 1. The van der Waals surface area contributed by atoms with Crippen LogP contribution in [0.25, 0.3) is 0 Å². The van der Waals surface area contributed by atoms with Crippen LogP contribution in [0.5, 0.6) is 0 Å². The first-order chi connectivity index (χ1) is 12.6. The minimum Gasteiger partial charge on any atom is -0.392 e. The third-order valence-corrected chi connectivity index (χ3v) is 5.91. The van der Waals surface area contributed by atoms with Crippen molar-refractivity contribution in [2.24, 2.45) is 0 Å². The summed E-state index contributed by atoms with van der Waals surface area (Å²) in [5.74, 6) is -1.57. The zero-order chi connectivity index (χ0) is 20.0. The smallest absolute Gasteiger partial charge is 0.392 e. The largest absolute Gasteiger partial charge is 0.501 e. The van der Waals surface area contributed by atoms with E-state index in [1.54, 1.807) is 0 Å². The molecule has 146 valence electrons. The van der Waals surface area contributed by atoms with Gasteiger partial charge in [0.05, 0.1) is 17.2 Å². The van der Waals surface area contributed by atoms with E-state index in [1.165, 1.54) is 11.0 Å². The van der Waals surface area contributed by atoms with Crippen LogP contribution in [-0.4, -0.2) is 25.6 Å². The number of aryl methyl sites for hydroxylation is 1. The van der Waals surface area contributed by atoms with E-state index >= 15 is 0 Å². The summed E-state index contributed by atoms with van der Waals surface area (Å²) < 4.78 is 89.5. The summed E-state index contributed by atoms with van der Waals surface area (Å²) in [5.41, 5.74) is -5.29. The van der Waals surface area contributed by atoms with Gasteiger partial charge in [0, 0.05) is 18.3 Å². The molecular formula is C17H14F5NO3S. The highest BCUT2D eigenvalue weighted by molar-refractivity contribution is 7.92. The Morgan fingerprint density at radius 2 is 1.81 bits per heavy atom. The van der Waals surface area contributed by atoms with E-state index in [-0.39, 0.29) is 11.4 Å². The zero-order valence-electron chi connectivity index (χ0n) is 13.7. The Hall–Kier alpha value is -2.20. The Morgan fingerprint density at radius 1 is 1.11 bits per heavy atom. The number of sulfone groups is 1. The first-order valence-electron chi connectivity index (χ1n) is 7.87. The van der Waals surface area contributed by atoms with Gasteiger partial charge < -0.3 is 10.0 Å². The summed E-state index contributed by atoms with van der Waals surface area (Å²) in [6, 6.07) is 4.79. The lowest BCUT2D eigenvalue weighted by molar-refractivity contribution is -0.0436. The van der Waals surface area contributed by atoms with Crippen LogP contribution in [0.2, 0.25) is 0 Å². The van der Waals surface area contributed by atoms with Crippen LogP contribution in [-0.2, 0) is 22.9 Å². The maximum absolute atomic E-state index is 14.3. The molecule has 1 N–H and O–H groups in total. The summed E-state index contributed by atoms with van der Waals surface area (Å²) >= 11 is 0. The fourth-order valence-electron chi connectivity index (χ4n) is 3.15. The molecule has 0 amide bonds. The van der Waals surface area contributed by atoms with Gasteiger partial charge >= 0.3 is 5.51 Å². The van der Waals surface area contributed by atoms with Gasteiger partial charge in [-0.1, -0.05) is 0 Å². The molecule has 2 aromatic rings. The predicted octanol–water partition coefficient (Wildman–Crippen LogP) is 3.83. The molecule has 1 heterocycles. The molecule has 0 fully saturated rings. The Bertz CT molecular complexity index is 989. The molecule has 1 aliphatic heterocycles. The molecule has 10 heteroatoms. The van der Waals surface area contributed by atoms with Gasteiger partial charge in [-0.25, -0.2) is 17.2 Å². The number of aliphatic hydroxyl groups is 1. The Kier molecular flexibility index (Phi) is 4.89. The number of anilines is 2. The highest BCUT2D eigenvalue weighted by Crippen LogP contribution is 2.39. The number of rotatable bonds is 3. The van der Waals surface area contributed by atoms with Crippen LogP contribution in [0.1, 0.15) is 17.5 Å². The van der Waals surface area contributed by atoms with E-state index in [9.17, 15) is 35.5 Å². The second kappa shape index (κ2) is 6.75. The van der Waals surface area contributed by atoms with E-state index in [0.717, 1.165) is 18.2 Å². The topological polar surface area (TPSA) is 57.6 Å². The van der Waals surface area contributed by atoms with Crippen molar-refractivity contribution in [3.63, 3.8) is 0 Å². The third kappa shape index (κ3) is 3.39. The first kappa shape index (κ1) is 19.6. The summed E-state index contributed by atoms with van der Waals surface area (Å²) in [7, 11) is -5.64. The second-order valence-corrected chi connectivity index (χ2v) is 7.96. The number of nitrogens with zero attached hydrogens (tertiary/aromatic N) is 1. The Balaban J connectivity index is 2.12. The van der Waals surface area contributed by atoms with Gasteiger partial charge in [-0.3, -0.25) is 0 Å². The molecule has 0 aliphatic carbocycles. The van der Waals surface area contributed by atoms with Crippen LogP contribution >= 0.6 is 0 Å². The molecule has 0 bridgehead atoms. The minimum absolute atomic E-state index is 0.0815. The van der Waals surface area contributed by atoms with Crippen LogP contribution in [0, 0.1) is 11.6 Å². The fraction of sp³-hybridized carbons (Fsp3) is 0.294. The molecule has 4 nitrogen and oxygen atoms in total. The van der Waals surface area contributed by atoms with E-state index < -0.39 is 44.0 Å². The average molecular weight is 407 g/mol. The molecule has 0 saturated carbocycles. The molecule has 0 spiro atoms. The van der Waals surface area contributed by atoms with Crippen molar-refractivity contribution in [1.29, 1.82) is 0 Å². The van der Waals surface area contributed by atoms with Gasteiger partial charge in [0.1, 0.15) is 11.6 Å². The molecular weight excluding hydrogens is 393 g/mol. The zero-order valence-corrected chi connectivity index (χ0v) is 14.5. The van der Waals surface area contributed by atoms with Gasteiger partial charge in [-0.2, -0.15) is 13.2 Å². The van der Waals surface area contributed by atoms with Crippen molar-refractivity contribution in [2.45, 2.75) is 29.9 Å². The monoisotopic (exact) mass is 407 g/mol. The van der Waals surface area contributed by atoms with Crippen LogP contribution in [0.15, 0.2) is 35.2 Å². The van der Waals surface area contributed by atoms with E-state index in [0.29, 0.717) is 31.0 Å². The predicted molar refractivity (Wildman–Crippen MR) is 87.3 cm³/mol. The fourth-order valence-corrected chi connectivity index (χ4v) is 4.12. The van der Waals surface area contributed by atoms with E-state index in [4.69, 9.17) is 0 Å². The molecule has 0 atom stereocenters. The van der Waals surface area contributed by atoms with Crippen molar-refractivity contribution in [2.75, 3.05) is 11.4 Å². The first-order valence-corrected chi connectivity index (χ1v) is 9.35. The number of hydrogen-bond acceptors (Lipinski definition) is 4. The van der Waals surface area contributed by atoms with Gasteiger partial charge in [-0.05, 0) is 48.2 Å². The summed E-state index contributed by atoms with van der Waals surface area (Å²) in [6.45, 7) is -0.656. The minimum atomic E-state index is -5.64. The molecule has 3 rings (SSSR count). The van der Waals surface area contributed by atoms with Crippen molar-refractivity contribution in [1.82, 2.24) is 0 Å². The van der Waals surface area contributed by atoms with Gasteiger partial charge in [-0.15, -0.1) is 0 Å².